The summed E-state index contributed by atoms with van der Waals surface area (Å²) in [6.45, 7) is 1.38. The van der Waals surface area contributed by atoms with Crippen LogP contribution in [0, 0.1) is 0 Å². The van der Waals surface area contributed by atoms with Crippen LogP contribution in [0.4, 0.5) is 0 Å². The van der Waals surface area contributed by atoms with Gasteiger partial charge in [-0.25, -0.2) is 4.79 Å². The van der Waals surface area contributed by atoms with Crippen LogP contribution >= 0.6 is 0 Å². The summed E-state index contributed by atoms with van der Waals surface area (Å²) in [6, 6.07) is 14.4. The predicted octanol–water partition coefficient (Wildman–Crippen LogP) is 3.49. The summed E-state index contributed by atoms with van der Waals surface area (Å²) in [5.74, 6) is -1.00. The van der Waals surface area contributed by atoms with Gasteiger partial charge in [0.05, 0.1) is 5.39 Å². The minimum atomic E-state index is -1.16. The molecule has 24 heavy (non-hydrogen) atoms. The molecule has 0 atom stereocenters. The highest BCUT2D eigenvalue weighted by Crippen LogP contribution is 2.31. The van der Waals surface area contributed by atoms with Gasteiger partial charge in [-0.2, -0.15) is 0 Å². The van der Waals surface area contributed by atoms with Crippen LogP contribution in [0.1, 0.15) is 12.5 Å². The van der Waals surface area contributed by atoms with E-state index in [4.69, 9.17) is 14.3 Å². The molecule has 0 aliphatic rings. The summed E-state index contributed by atoms with van der Waals surface area (Å²) < 4.78 is 11.1. The van der Waals surface area contributed by atoms with Crippen LogP contribution in [0.15, 0.2) is 57.7 Å². The van der Waals surface area contributed by atoms with E-state index in [2.05, 4.69) is 0 Å². The molecule has 1 N–H and O–H groups in total. The molecule has 0 aliphatic carbocycles. The third-order valence-corrected chi connectivity index (χ3v) is 3.70. The van der Waals surface area contributed by atoms with Gasteiger partial charge in [0.2, 0.25) is 11.2 Å². The zero-order valence-electron chi connectivity index (χ0n) is 13.1. The Morgan fingerprint density at radius 2 is 1.92 bits per heavy atom. The van der Waals surface area contributed by atoms with Crippen LogP contribution in [0.25, 0.3) is 22.3 Å². The molecule has 0 amide bonds. The molecule has 0 fully saturated rings. The smallest absolute Gasteiger partial charge is 0.341 e. The maximum atomic E-state index is 12.8. The minimum Gasteiger partial charge on any atom is -0.479 e. The molecule has 0 unspecified atom stereocenters. The lowest BCUT2D eigenvalue weighted by Gasteiger charge is -2.11. The van der Waals surface area contributed by atoms with Crippen LogP contribution in [-0.2, 0) is 11.2 Å². The van der Waals surface area contributed by atoms with E-state index in [1.807, 2.05) is 19.1 Å². The number of rotatable bonds is 5. The topological polar surface area (TPSA) is 76.7 Å². The quantitative estimate of drug-likeness (QED) is 0.777. The van der Waals surface area contributed by atoms with Gasteiger partial charge < -0.3 is 14.3 Å². The maximum absolute atomic E-state index is 12.8. The van der Waals surface area contributed by atoms with Gasteiger partial charge in [0.1, 0.15) is 5.58 Å². The number of ether oxygens (including phenoxy) is 1. The standard InChI is InChI=1S/C19H16O5/c1-2-12-8-9-15-14(10-12)17(22)19(23-11-16(20)21)18(24-15)13-6-4-3-5-7-13/h3-10H,2,11H2,1H3,(H,20,21). The van der Waals surface area contributed by atoms with Crippen molar-refractivity contribution >= 4 is 16.9 Å². The summed E-state index contributed by atoms with van der Waals surface area (Å²) in [7, 11) is 0. The molecule has 1 heterocycles. The number of aryl methyl sites for hydroxylation is 1. The Hall–Kier alpha value is -3.08. The van der Waals surface area contributed by atoms with Crippen molar-refractivity contribution in [3.8, 4) is 17.1 Å². The minimum absolute atomic E-state index is 0.0793. The van der Waals surface area contributed by atoms with Crippen molar-refractivity contribution in [1.29, 1.82) is 0 Å². The number of benzene rings is 2. The third-order valence-electron chi connectivity index (χ3n) is 3.70. The van der Waals surface area contributed by atoms with Crippen molar-refractivity contribution < 1.29 is 19.1 Å². The Kier molecular flexibility index (Phi) is 4.33. The highest BCUT2D eigenvalue weighted by Gasteiger charge is 2.18. The molecular formula is C19H16O5. The van der Waals surface area contributed by atoms with E-state index < -0.39 is 12.6 Å². The number of fused-ring (bicyclic) bond motifs is 1. The van der Waals surface area contributed by atoms with E-state index in [-0.39, 0.29) is 16.9 Å². The molecule has 5 nitrogen and oxygen atoms in total. The van der Waals surface area contributed by atoms with E-state index in [1.54, 1.807) is 36.4 Å². The Labute approximate surface area is 138 Å². The van der Waals surface area contributed by atoms with Crippen molar-refractivity contribution in [1.82, 2.24) is 0 Å². The molecule has 0 radical (unpaired) electrons. The normalized spacial score (nSPS) is 10.7. The van der Waals surface area contributed by atoms with Gasteiger partial charge in [0, 0.05) is 5.56 Å². The van der Waals surface area contributed by atoms with Gasteiger partial charge in [0.25, 0.3) is 0 Å². The summed E-state index contributed by atoms with van der Waals surface area (Å²) >= 11 is 0. The first-order valence-corrected chi connectivity index (χ1v) is 7.60. The summed E-state index contributed by atoms with van der Waals surface area (Å²) in [6.07, 6.45) is 0.779. The largest absolute Gasteiger partial charge is 0.479 e. The number of aliphatic carboxylic acids is 1. The predicted molar refractivity (Wildman–Crippen MR) is 90.4 cm³/mol. The SMILES string of the molecule is CCc1ccc2oc(-c3ccccc3)c(OCC(=O)O)c(=O)c2c1. The molecule has 0 bridgehead atoms. The monoisotopic (exact) mass is 324 g/mol. The molecule has 5 heteroatoms. The second-order valence-corrected chi connectivity index (χ2v) is 5.32. The van der Waals surface area contributed by atoms with Crippen molar-refractivity contribution in [3.05, 3.63) is 64.3 Å². The fraction of sp³-hybridized carbons (Fsp3) is 0.158. The lowest BCUT2D eigenvalue weighted by atomic mass is 10.1. The molecule has 3 aromatic rings. The number of carbonyl (C=O) groups is 1. The molecule has 0 spiro atoms. The van der Waals surface area contributed by atoms with E-state index in [0.717, 1.165) is 12.0 Å². The van der Waals surface area contributed by atoms with Crippen LogP contribution in [-0.4, -0.2) is 17.7 Å². The highest BCUT2D eigenvalue weighted by atomic mass is 16.5. The van der Waals surface area contributed by atoms with E-state index in [0.29, 0.717) is 16.5 Å². The fourth-order valence-electron chi connectivity index (χ4n) is 2.49. The second kappa shape index (κ2) is 6.58. The third kappa shape index (κ3) is 3.01. The van der Waals surface area contributed by atoms with Gasteiger partial charge in [-0.05, 0) is 24.1 Å². The van der Waals surface area contributed by atoms with Gasteiger partial charge in [0.15, 0.2) is 12.4 Å². The summed E-state index contributed by atoms with van der Waals surface area (Å²) in [4.78, 5) is 23.7. The molecule has 1 aromatic heterocycles. The molecule has 3 rings (SSSR count). The van der Waals surface area contributed by atoms with Crippen molar-refractivity contribution in [2.75, 3.05) is 6.61 Å². The average molecular weight is 324 g/mol. The first-order chi connectivity index (χ1) is 11.6. The fourth-order valence-corrected chi connectivity index (χ4v) is 2.49. The lowest BCUT2D eigenvalue weighted by molar-refractivity contribution is -0.139. The van der Waals surface area contributed by atoms with Gasteiger partial charge in [-0.3, -0.25) is 4.79 Å². The van der Waals surface area contributed by atoms with E-state index >= 15 is 0 Å². The molecular weight excluding hydrogens is 308 g/mol. The molecule has 122 valence electrons. The second-order valence-electron chi connectivity index (χ2n) is 5.32. The zero-order valence-corrected chi connectivity index (χ0v) is 13.1. The molecule has 0 saturated carbocycles. The van der Waals surface area contributed by atoms with Crippen molar-refractivity contribution in [3.63, 3.8) is 0 Å². The van der Waals surface area contributed by atoms with Crippen LogP contribution < -0.4 is 10.2 Å². The van der Waals surface area contributed by atoms with Crippen LogP contribution in [0.2, 0.25) is 0 Å². The average Bonchev–Trinajstić information content (AvgIpc) is 2.61. The Morgan fingerprint density at radius 1 is 1.17 bits per heavy atom. The molecule has 0 aliphatic heterocycles. The highest BCUT2D eigenvalue weighted by molar-refractivity contribution is 5.83. The Bertz CT molecular complexity index is 941. The molecule has 2 aromatic carbocycles. The first-order valence-electron chi connectivity index (χ1n) is 7.60. The lowest BCUT2D eigenvalue weighted by Crippen LogP contribution is -2.16. The van der Waals surface area contributed by atoms with Gasteiger partial charge in [-0.15, -0.1) is 0 Å². The number of hydrogen-bond acceptors (Lipinski definition) is 4. The van der Waals surface area contributed by atoms with E-state index in [9.17, 15) is 9.59 Å². The van der Waals surface area contributed by atoms with Gasteiger partial charge in [-0.1, -0.05) is 43.3 Å². The summed E-state index contributed by atoms with van der Waals surface area (Å²) in [5, 5.41) is 9.25. The number of carboxylic acid groups (broad SMARTS) is 1. The van der Waals surface area contributed by atoms with Crippen LogP contribution in [0.5, 0.6) is 5.75 Å². The van der Waals surface area contributed by atoms with Crippen molar-refractivity contribution in [2.45, 2.75) is 13.3 Å². The van der Waals surface area contributed by atoms with E-state index in [1.165, 1.54) is 0 Å². The first kappa shape index (κ1) is 15.8. The Morgan fingerprint density at radius 3 is 2.58 bits per heavy atom. The van der Waals surface area contributed by atoms with Gasteiger partial charge >= 0.3 is 5.97 Å². The number of hydrogen-bond donors (Lipinski definition) is 1. The molecule has 0 saturated heterocycles. The van der Waals surface area contributed by atoms with Crippen LogP contribution in [0.3, 0.4) is 0 Å². The van der Waals surface area contributed by atoms with Crippen molar-refractivity contribution in [2.24, 2.45) is 0 Å². The summed E-state index contributed by atoms with van der Waals surface area (Å²) in [5.41, 5.74) is 1.72. The Balaban J connectivity index is 2.26. The zero-order chi connectivity index (χ0) is 17.1. The maximum Gasteiger partial charge on any atom is 0.341 e. The number of carboxylic acids is 1.